The molecule has 9 heteroatoms. The SMILES string of the molecule is CNC(=O)C1=c2[nH]c3c(C(F)(F)F)c[nH]c4nc(=C5C=CC(F)=CC5)c(c2CC=C1)c43. The van der Waals surface area contributed by atoms with Gasteiger partial charge in [-0.3, -0.25) is 4.79 Å². The van der Waals surface area contributed by atoms with Crippen molar-refractivity contribution in [2.24, 2.45) is 0 Å². The Hall–Kier alpha value is -3.62. The second kappa shape index (κ2) is 6.69. The smallest absolute Gasteiger partial charge is 0.355 e. The summed E-state index contributed by atoms with van der Waals surface area (Å²) in [6.45, 7) is 0. The molecule has 5 nitrogen and oxygen atoms in total. The largest absolute Gasteiger partial charge is 0.419 e. The number of pyridine rings is 2. The molecule has 158 valence electrons. The fourth-order valence-electron chi connectivity index (χ4n) is 4.20. The van der Waals surface area contributed by atoms with Gasteiger partial charge in [0.25, 0.3) is 5.91 Å². The number of aromatic nitrogens is 3. The number of aromatic amines is 2. The highest BCUT2D eigenvalue weighted by Crippen LogP contribution is 2.36. The molecule has 2 aliphatic rings. The van der Waals surface area contributed by atoms with Crippen LogP contribution >= 0.6 is 0 Å². The number of fused-ring (bicyclic) bond motifs is 2. The van der Waals surface area contributed by atoms with Crippen molar-refractivity contribution in [3.8, 4) is 0 Å². The number of carbonyl (C=O) groups excluding carboxylic acids is 1. The van der Waals surface area contributed by atoms with Crippen molar-refractivity contribution < 1.29 is 22.4 Å². The molecule has 0 radical (unpaired) electrons. The van der Waals surface area contributed by atoms with E-state index in [0.717, 1.165) is 6.20 Å². The summed E-state index contributed by atoms with van der Waals surface area (Å²) in [6, 6.07) is 0. The van der Waals surface area contributed by atoms with Gasteiger partial charge in [0.2, 0.25) is 0 Å². The Morgan fingerprint density at radius 3 is 2.65 bits per heavy atom. The van der Waals surface area contributed by atoms with Crippen molar-refractivity contribution in [2.45, 2.75) is 19.0 Å². The van der Waals surface area contributed by atoms with E-state index in [1.165, 1.54) is 19.2 Å². The predicted molar refractivity (Wildman–Crippen MR) is 109 cm³/mol. The lowest BCUT2D eigenvalue weighted by atomic mass is 9.95. The lowest BCUT2D eigenvalue weighted by Gasteiger charge is -2.16. The number of alkyl halides is 3. The van der Waals surface area contributed by atoms with Gasteiger partial charge in [0.15, 0.2) is 0 Å². The third kappa shape index (κ3) is 2.91. The molecule has 3 aromatic rings. The van der Waals surface area contributed by atoms with Crippen molar-refractivity contribution in [1.29, 1.82) is 0 Å². The van der Waals surface area contributed by atoms with Gasteiger partial charge in [-0.1, -0.05) is 18.2 Å². The highest BCUT2D eigenvalue weighted by Gasteiger charge is 2.35. The Morgan fingerprint density at radius 1 is 1.16 bits per heavy atom. The van der Waals surface area contributed by atoms with Gasteiger partial charge in [-0.15, -0.1) is 0 Å². The van der Waals surface area contributed by atoms with E-state index < -0.39 is 17.6 Å². The number of carbonyl (C=O) groups is 1. The molecule has 31 heavy (non-hydrogen) atoms. The maximum atomic E-state index is 13.8. The molecule has 0 atom stereocenters. The lowest BCUT2D eigenvalue weighted by Crippen LogP contribution is -2.30. The lowest BCUT2D eigenvalue weighted by molar-refractivity contribution is -0.136. The van der Waals surface area contributed by atoms with Crippen LogP contribution in [-0.2, 0) is 17.4 Å². The summed E-state index contributed by atoms with van der Waals surface area (Å²) < 4.78 is 54.9. The molecule has 1 amide bonds. The second-order valence-corrected chi connectivity index (χ2v) is 7.36. The maximum Gasteiger partial charge on any atom is 0.419 e. The van der Waals surface area contributed by atoms with Crippen molar-refractivity contribution >= 4 is 39.0 Å². The van der Waals surface area contributed by atoms with Crippen LogP contribution in [0, 0.1) is 0 Å². The van der Waals surface area contributed by atoms with Crippen LogP contribution in [0.25, 0.3) is 33.1 Å². The molecule has 0 aromatic carbocycles. The van der Waals surface area contributed by atoms with Crippen molar-refractivity contribution in [3.63, 3.8) is 0 Å². The predicted octanol–water partition coefficient (Wildman–Crippen LogP) is 3.04. The zero-order valence-corrected chi connectivity index (χ0v) is 16.2. The molecular formula is C22H16F4N4O. The quantitative estimate of drug-likeness (QED) is 0.522. The van der Waals surface area contributed by atoms with E-state index in [-0.39, 0.29) is 23.3 Å². The molecule has 2 aliphatic carbocycles. The van der Waals surface area contributed by atoms with Crippen LogP contribution < -0.4 is 16.0 Å². The fraction of sp³-hybridized carbons (Fsp3) is 0.182. The summed E-state index contributed by atoms with van der Waals surface area (Å²) in [4.78, 5) is 22.5. The van der Waals surface area contributed by atoms with E-state index in [2.05, 4.69) is 20.3 Å². The van der Waals surface area contributed by atoms with Gasteiger partial charge < -0.3 is 15.3 Å². The first-order chi connectivity index (χ1) is 14.8. The number of nitrogens with zero attached hydrogens (tertiary/aromatic N) is 1. The van der Waals surface area contributed by atoms with Crippen molar-refractivity contribution in [1.82, 2.24) is 20.3 Å². The van der Waals surface area contributed by atoms with E-state index in [4.69, 9.17) is 0 Å². The van der Waals surface area contributed by atoms with Crippen LogP contribution in [0.5, 0.6) is 0 Å². The summed E-state index contributed by atoms with van der Waals surface area (Å²) in [5, 5.41) is 4.17. The Morgan fingerprint density at radius 2 is 1.97 bits per heavy atom. The van der Waals surface area contributed by atoms with Gasteiger partial charge in [-0.05, 0) is 36.1 Å². The number of hydrogen-bond acceptors (Lipinski definition) is 2. The number of nitrogens with one attached hydrogen (secondary N) is 3. The molecule has 5 rings (SSSR count). The van der Waals surface area contributed by atoms with Gasteiger partial charge in [0, 0.05) is 18.6 Å². The number of allylic oxidation sites excluding steroid dienone is 5. The Balaban J connectivity index is 2.04. The van der Waals surface area contributed by atoms with Crippen LogP contribution in [0.3, 0.4) is 0 Å². The number of halogens is 4. The van der Waals surface area contributed by atoms with Crippen molar-refractivity contribution in [2.75, 3.05) is 7.05 Å². The third-order valence-corrected chi connectivity index (χ3v) is 5.59. The van der Waals surface area contributed by atoms with Crippen LogP contribution in [0.2, 0.25) is 0 Å². The topological polar surface area (TPSA) is 73.6 Å². The molecule has 0 saturated carbocycles. The Bertz CT molecular complexity index is 1480. The normalized spacial score (nSPS) is 18.0. The number of amides is 1. The van der Waals surface area contributed by atoms with E-state index in [1.807, 2.05) is 0 Å². The molecule has 0 unspecified atom stereocenters. The summed E-state index contributed by atoms with van der Waals surface area (Å²) >= 11 is 0. The monoisotopic (exact) mass is 428 g/mol. The zero-order chi connectivity index (χ0) is 21.9. The summed E-state index contributed by atoms with van der Waals surface area (Å²) in [7, 11) is 1.46. The summed E-state index contributed by atoms with van der Waals surface area (Å²) in [5.41, 5.74) is 0.866. The van der Waals surface area contributed by atoms with E-state index in [9.17, 15) is 22.4 Å². The minimum Gasteiger partial charge on any atom is -0.355 e. The van der Waals surface area contributed by atoms with Crippen LogP contribution in [0.1, 0.15) is 17.5 Å². The molecule has 3 N–H and O–H groups in total. The molecule has 0 aliphatic heterocycles. The van der Waals surface area contributed by atoms with Gasteiger partial charge in [-0.2, -0.15) is 13.2 Å². The van der Waals surface area contributed by atoms with E-state index in [1.54, 1.807) is 18.2 Å². The number of rotatable bonds is 1. The molecule has 0 spiro atoms. The molecular weight excluding hydrogens is 412 g/mol. The Kier molecular flexibility index (Phi) is 4.18. The first-order valence-electron chi connectivity index (χ1n) is 9.58. The maximum absolute atomic E-state index is 13.8. The molecule has 3 heterocycles. The van der Waals surface area contributed by atoms with E-state index >= 15 is 0 Å². The van der Waals surface area contributed by atoms with Gasteiger partial charge >= 0.3 is 6.18 Å². The standard InChI is InChI=1S/C22H16F4N4O/c1-27-21(31)13-4-2-3-12-15-16-19(29-18(12)13)14(22(24,25)26)9-28-20(16)30-17(15)10-5-7-11(23)8-6-10/h2,4-5,7-9,29H,3,6H2,1H3,(H,27,31)(H,28,30). The molecule has 3 aromatic heterocycles. The van der Waals surface area contributed by atoms with E-state index in [0.29, 0.717) is 44.7 Å². The first kappa shape index (κ1) is 19.3. The average molecular weight is 428 g/mol. The molecule has 0 saturated heterocycles. The van der Waals surface area contributed by atoms with Gasteiger partial charge in [-0.25, -0.2) is 9.37 Å². The highest BCUT2D eigenvalue weighted by molar-refractivity contribution is 6.18. The van der Waals surface area contributed by atoms with Crippen LogP contribution in [0.15, 0.2) is 42.4 Å². The molecule has 0 bridgehead atoms. The molecule has 0 fully saturated rings. The third-order valence-electron chi connectivity index (χ3n) is 5.59. The highest BCUT2D eigenvalue weighted by atomic mass is 19.4. The van der Waals surface area contributed by atoms with Crippen LogP contribution in [-0.4, -0.2) is 27.9 Å². The minimum atomic E-state index is -4.62. The average Bonchev–Trinajstić information content (AvgIpc) is 3.14. The van der Waals surface area contributed by atoms with Crippen molar-refractivity contribution in [3.05, 3.63) is 64.2 Å². The Labute approximate surface area is 172 Å². The van der Waals surface area contributed by atoms with Gasteiger partial charge in [0.05, 0.1) is 32.7 Å². The number of H-pyrrole nitrogens is 2. The zero-order valence-electron chi connectivity index (χ0n) is 16.2. The summed E-state index contributed by atoms with van der Waals surface area (Å²) in [6.07, 6.45) is 4.58. The fourth-order valence-corrected chi connectivity index (χ4v) is 4.20. The number of hydrogen-bond donors (Lipinski definition) is 3. The second-order valence-electron chi connectivity index (χ2n) is 7.36. The minimum absolute atomic E-state index is 0.146. The van der Waals surface area contributed by atoms with Crippen LogP contribution in [0.4, 0.5) is 17.6 Å². The first-order valence-corrected chi connectivity index (χ1v) is 9.58. The summed E-state index contributed by atoms with van der Waals surface area (Å²) in [5.74, 6) is -0.791. The van der Waals surface area contributed by atoms with Gasteiger partial charge in [0.1, 0.15) is 11.5 Å².